The van der Waals surface area contributed by atoms with Gasteiger partial charge in [-0.1, -0.05) is 25.5 Å². The van der Waals surface area contributed by atoms with Crippen LogP contribution in [0.3, 0.4) is 0 Å². The van der Waals surface area contributed by atoms with Crippen LogP contribution in [0.25, 0.3) is 0 Å². The summed E-state index contributed by atoms with van der Waals surface area (Å²) in [6.07, 6.45) is 6.73. The molecule has 2 bridgehead atoms. The van der Waals surface area contributed by atoms with Gasteiger partial charge >= 0.3 is 0 Å². The predicted octanol–water partition coefficient (Wildman–Crippen LogP) is 2.57. The van der Waals surface area contributed by atoms with Crippen LogP contribution in [0.5, 0.6) is 0 Å². The van der Waals surface area contributed by atoms with E-state index in [1.165, 1.54) is 19.3 Å². The molecular formula is C13H21N. The van der Waals surface area contributed by atoms with Crippen molar-refractivity contribution in [2.75, 3.05) is 6.54 Å². The molecule has 1 heteroatoms. The first kappa shape index (κ1) is 8.96. The van der Waals surface area contributed by atoms with E-state index < -0.39 is 0 Å². The lowest BCUT2D eigenvalue weighted by Gasteiger charge is -2.56. The monoisotopic (exact) mass is 191 g/mol. The van der Waals surface area contributed by atoms with Crippen LogP contribution < -0.4 is 5.73 Å². The first-order chi connectivity index (χ1) is 6.64. The van der Waals surface area contributed by atoms with Gasteiger partial charge in [-0.15, -0.1) is 0 Å². The molecule has 0 spiro atoms. The van der Waals surface area contributed by atoms with E-state index in [1.807, 2.05) is 0 Å². The van der Waals surface area contributed by atoms with E-state index in [-0.39, 0.29) is 0 Å². The van der Waals surface area contributed by atoms with Crippen molar-refractivity contribution in [3.63, 3.8) is 0 Å². The first-order valence-electron chi connectivity index (χ1n) is 6.04. The lowest BCUT2D eigenvalue weighted by Crippen LogP contribution is -2.48. The van der Waals surface area contributed by atoms with Gasteiger partial charge in [0.1, 0.15) is 0 Å². The third kappa shape index (κ3) is 0.995. The number of allylic oxidation sites excluding steroid dienone is 2. The molecule has 0 amide bonds. The number of fused-ring (bicyclic) bond motifs is 1. The summed E-state index contributed by atoms with van der Waals surface area (Å²) in [4.78, 5) is 0. The zero-order chi connectivity index (χ0) is 9.92. The molecule has 4 aliphatic rings. The minimum Gasteiger partial charge on any atom is -0.330 e. The summed E-state index contributed by atoms with van der Waals surface area (Å²) in [5.41, 5.74) is 8.12. The zero-order valence-electron chi connectivity index (χ0n) is 9.29. The maximum absolute atomic E-state index is 5.73. The van der Waals surface area contributed by atoms with Crippen molar-refractivity contribution >= 4 is 0 Å². The summed E-state index contributed by atoms with van der Waals surface area (Å²) in [5, 5.41) is 0. The average molecular weight is 191 g/mol. The summed E-state index contributed by atoms with van der Waals surface area (Å²) in [6.45, 7) is 5.82. The van der Waals surface area contributed by atoms with Gasteiger partial charge < -0.3 is 5.73 Å². The third-order valence-electron chi connectivity index (χ3n) is 5.16. The Bertz CT molecular complexity index is 290. The van der Waals surface area contributed by atoms with Crippen molar-refractivity contribution in [3.8, 4) is 0 Å². The van der Waals surface area contributed by atoms with Crippen LogP contribution in [0.2, 0.25) is 0 Å². The van der Waals surface area contributed by atoms with Crippen molar-refractivity contribution < 1.29 is 0 Å². The molecule has 0 saturated heterocycles. The van der Waals surface area contributed by atoms with Crippen LogP contribution >= 0.6 is 0 Å². The largest absolute Gasteiger partial charge is 0.330 e. The van der Waals surface area contributed by atoms with E-state index in [9.17, 15) is 0 Å². The molecule has 0 aromatic carbocycles. The molecule has 4 rings (SSSR count). The second-order valence-electron chi connectivity index (χ2n) is 6.08. The number of hydrogen-bond donors (Lipinski definition) is 1. The molecule has 0 aliphatic heterocycles. The molecular weight excluding hydrogens is 170 g/mol. The molecule has 4 aliphatic carbocycles. The summed E-state index contributed by atoms with van der Waals surface area (Å²) < 4.78 is 0. The number of hydrogen-bond acceptors (Lipinski definition) is 1. The van der Waals surface area contributed by atoms with E-state index in [1.54, 1.807) is 5.57 Å². The smallest absolute Gasteiger partial charge is 0.00429 e. The predicted molar refractivity (Wildman–Crippen MR) is 58.7 cm³/mol. The summed E-state index contributed by atoms with van der Waals surface area (Å²) >= 11 is 0. The van der Waals surface area contributed by atoms with Crippen molar-refractivity contribution in [3.05, 3.63) is 11.6 Å². The second kappa shape index (κ2) is 2.63. The maximum Gasteiger partial charge on any atom is -0.00429 e. The standard InChI is InChI=1S/C13H21N/c1-13(2)9-3-4-10(12(13)6-9)11-5-8(11)7-14/h4,8-9,11-12H,3,5-7,14H2,1-2H3/t8-,9?,11+,12?/m0/s1. The Kier molecular flexibility index (Phi) is 1.69. The van der Waals surface area contributed by atoms with E-state index in [0.29, 0.717) is 5.41 Å². The van der Waals surface area contributed by atoms with Gasteiger partial charge in [-0.3, -0.25) is 0 Å². The molecule has 0 aromatic heterocycles. The fourth-order valence-corrected chi connectivity index (χ4v) is 3.73. The molecule has 2 N–H and O–H groups in total. The quantitative estimate of drug-likeness (QED) is 0.667. The Balaban J connectivity index is 1.79. The molecule has 0 radical (unpaired) electrons. The van der Waals surface area contributed by atoms with Crippen LogP contribution in [0.4, 0.5) is 0 Å². The minimum atomic E-state index is 0.603. The van der Waals surface area contributed by atoms with Crippen LogP contribution in [-0.4, -0.2) is 6.54 Å². The summed E-state index contributed by atoms with van der Waals surface area (Å²) in [5.74, 6) is 3.59. The Hall–Kier alpha value is -0.300. The van der Waals surface area contributed by atoms with Crippen LogP contribution in [0.1, 0.15) is 33.1 Å². The highest BCUT2D eigenvalue weighted by molar-refractivity contribution is 5.29. The molecule has 4 atom stereocenters. The molecule has 0 heterocycles. The Labute approximate surface area is 86.8 Å². The Morgan fingerprint density at radius 1 is 1.43 bits per heavy atom. The van der Waals surface area contributed by atoms with Crippen LogP contribution in [0, 0.1) is 29.1 Å². The first-order valence-corrected chi connectivity index (χ1v) is 6.04. The Morgan fingerprint density at radius 2 is 2.21 bits per heavy atom. The van der Waals surface area contributed by atoms with E-state index in [4.69, 9.17) is 5.73 Å². The lowest BCUT2D eigenvalue weighted by molar-refractivity contribution is -0.00990. The molecule has 2 fully saturated rings. The van der Waals surface area contributed by atoms with Gasteiger partial charge in [-0.2, -0.15) is 0 Å². The van der Waals surface area contributed by atoms with Crippen molar-refractivity contribution in [1.29, 1.82) is 0 Å². The SMILES string of the molecule is CC1(C)C2CC=C([C@@H]3C[C@H]3CN)C1C2. The van der Waals surface area contributed by atoms with Gasteiger partial charge in [-0.05, 0) is 54.9 Å². The van der Waals surface area contributed by atoms with Crippen LogP contribution in [-0.2, 0) is 0 Å². The third-order valence-corrected chi connectivity index (χ3v) is 5.16. The van der Waals surface area contributed by atoms with Gasteiger partial charge in [0.15, 0.2) is 0 Å². The van der Waals surface area contributed by atoms with Gasteiger partial charge in [0.05, 0.1) is 0 Å². The molecule has 2 unspecified atom stereocenters. The highest BCUT2D eigenvalue weighted by Gasteiger charge is 2.55. The molecule has 1 nitrogen and oxygen atoms in total. The fraction of sp³-hybridized carbons (Fsp3) is 0.846. The molecule has 2 saturated carbocycles. The fourth-order valence-electron chi connectivity index (χ4n) is 3.73. The zero-order valence-corrected chi connectivity index (χ0v) is 9.29. The lowest BCUT2D eigenvalue weighted by atomic mass is 9.48. The Morgan fingerprint density at radius 3 is 2.71 bits per heavy atom. The second-order valence-corrected chi connectivity index (χ2v) is 6.08. The number of nitrogens with two attached hydrogens (primary N) is 1. The number of rotatable bonds is 2. The minimum absolute atomic E-state index is 0.603. The normalized spacial score (nSPS) is 48.1. The van der Waals surface area contributed by atoms with E-state index in [0.717, 1.165) is 30.2 Å². The van der Waals surface area contributed by atoms with Crippen molar-refractivity contribution in [2.45, 2.75) is 33.1 Å². The van der Waals surface area contributed by atoms with E-state index in [2.05, 4.69) is 19.9 Å². The topological polar surface area (TPSA) is 26.0 Å². The van der Waals surface area contributed by atoms with E-state index >= 15 is 0 Å². The summed E-state index contributed by atoms with van der Waals surface area (Å²) in [7, 11) is 0. The summed E-state index contributed by atoms with van der Waals surface area (Å²) in [6, 6.07) is 0. The van der Waals surface area contributed by atoms with Crippen LogP contribution in [0.15, 0.2) is 11.6 Å². The average Bonchev–Trinajstić information content (AvgIpc) is 2.96. The molecule has 78 valence electrons. The van der Waals surface area contributed by atoms with Gasteiger partial charge in [0.25, 0.3) is 0 Å². The van der Waals surface area contributed by atoms with Crippen molar-refractivity contribution in [1.82, 2.24) is 0 Å². The van der Waals surface area contributed by atoms with Crippen molar-refractivity contribution in [2.24, 2.45) is 34.8 Å². The highest BCUT2D eigenvalue weighted by atomic mass is 14.6. The van der Waals surface area contributed by atoms with Gasteiger partial charge in [-0.25, -0.2) is 0 Å². The highest BCUT2D eigenvalue weighted by Crippen LogP contribution is 2.63. The van der Waals surface area contributed by atoms with Gasteiger partial charge in [0, 0.05) is 0 Å². The molecule has 14 heavy (non-hydrogen) atoms. The molecule has 0 aromatic rings. The van der Waals surface area contributed by atoms with Gasteiger partial charge in [0.2, 0.25) is 0 Å². The maximum atomic E-state index is 5.73.